The summed E-state index contributed by atoms with van der Waals surface area (Å²) in [5.74, 6) is -0.789. The van der Waals surface area contributed by atoms with E-state index in [0.717, 1.165) is 15.8 Å². The van der Waals surface area contributed by atoms with Gasteiger partial charge in [-0.25, -0.2) is 4.98 Å². The molecule has 2 heterocycles. The molecule has 0 fully saturated rings. The van der Waals surface area contributed by atoms with E-state index < -0.39 is 6.04 Å². The summed E-state index contributed by atoms with van der Waals surface area (Å²) in [5, 5.41) is 8.62. The topological polar surface area (TPSA) is 139 Å². The number of rotatable bonds is 7. The number of anilines is 1. The Morgan fingerprint density at radius 1 is 1.21 bits per heavy atom. The number of nitrogens with one attached hydrogen (secondary N) is 3. The van der Waals surface area contributed by atoms with Crippen LogP contribution in [-0.2, 0) is 20.9 Å². The van der Waals surface area contributed by atoms with E-state index >= 15 is 0 Å². The Labute approximate surface area is 171 Å². The molecule has 1 aromatic heterocycles. The maximum Gasteiger partial charge on any atom is 0.269 e. The number of nitrogen functional groups attached to an aromatic ring is 1. The first-order chi connectivity index (χ1) is 13.9. The third-order valence-corrected chi connectivity index (χ3v) is 5.03. The van der Waals surface area contributed by atoms with E-state index in [1.807, 2.05) is 18.2 Å². The van der Waals surface area contributed by atoms with Gasteiger partial charge in [0.2, 0.25) is 11.8 Å². The molecule has 152 valence electrons. The Morgan fingerprint density at radius 3 is 2.79 bits per heavy atom. The molecule has 0 radical (unpaired) electrons. The second-order valence-electron chi connectivity index (χ2n) is 6.48. The molecule has 3 amide bonds. The van der Waals surface area contributed by atoms with E-state index in [1.54, 1.807) is 12.2 Å². The number of benzene rings is 1. The number of nitrogens with two attached hydrogens (primary N) is 1. The van der Waals surface area contributed by atoms with Gasteiger partial charge in [0, 0.05) is 26.6 Å². The van der Waals surface area contributed by atoms with Crippen LogP contribution in [0.3, 0.4) is 0 Å². The number of aliphatic imine (C=N–C) groups is 1. The monoisotopic (exact) mass is 414 g/mol. The molecule has 2 aromatic rings. The van der Waals surface area contributed by atoms with Gasteiger partial charge in [-0.3, -0.25) is 19.4 Å². The molecule has 1 unspecified atom stereocenters. The zero-order chi connectivity index (χ0) is 20.8. The number of carbonyl (C=O) groups is 3. The smallest absolute Gasteiger partial charge is 0.269 e. The molecule has 0 saturated heterocycles. The largest absolute Gasteiger partial charge is 0.375 e. The highest BCUT2D eigenvalue weighted by Gasteiger charge is 2.21. The lowest BCUT2D eigenvalue weighted by Crippen LogP contribution is -2.39. The van der Waals surface area contributed by atoms with Crippen molar-refractivity contribution in [3.8, 4) is 0 Å². The van der Waals surface area contributed by atoms with Crippen LogP contribution in [0.25, 0.3) is 10.2 Å². The molecule has 10 heteroatoms. The summed E-state index contributed by atoms with van der Waals surface area (Å²) in [5.41, 5.74) is 7.67. The number of fused-ring (bicyclic) bond motifs is 1. The van der Waals surface area contributed by atoms with Crippen molar-refractivity contribution in [3.05, 3.63) is 35.9 Å². The van der Waals surface area contributed by atoms with E-state index in [0.29, 0.717) is 24.6 Å². The Kier molecular flexibility index (Phi) is 6.55. The van der Waals surface area contributed by atoms with Crippen LogP contribution in [0.1, 0.15) is 18.9 Å². The Hall–Kier alpha value is -3.27. The van der Waals surface area contributed by atoms with Gasteiger partial charge in [0.05, 0.1) is 10.2 Å². The molecule has 1 aromatic carbocycles. The SMILES string of the molecule is CC(=O)NCCNC(=O)C1=NC(C(=O)NCc2ccc3nc(N)sc3c2)CC=C1. The van der Waals surface area contributed by atoms with Gasteiger partial charge in [-0.15, -0.1) is 0 Å². The van der Waals surface area contributed by atoms with Gasteiger partial charge in [-0.1, -0.05) is 23.5 Å². The van der Waals surface area contributed by atoms with Crippen molar-refractivity contribution in [2.75, 3.05) is 18.8 Å². The molecule has 1 atom stereocenters. The highest BCUT2D eigenvalue weighted by Crippen LogP contribution is 2.24. The molecule has 0 bridgehead atoms. The maximum atomic E-state index is 12.5. The van der Waals surface area contributed by atoms with Gasteiger partial charge < -0.3 is 21.7 Å². The minimum Gasteiger partial charge on any atom is -0.375 e. The molecule has 0 saturated carbocycles. The molecular formula is C19H22N6O3S. The number of dihydropyridines is 1. The Bertz CT molecular complexity index is 997. The molecule has 0 spiro atoms. The lowest BCUT2D eigenvalue weighted by atomic mass is 10.1. The second-order valence-corrected chi connectivity index (χ2v) is 7.54. The number of hydrogen-bond acceptors (Lipinski definition) is 7. The predicted octanol–water partition coefficient (Wildman–Crippen LogP) is 0.517. The van der Waals surface area contributed by atoms with E-state index in [9.17, 15) is 14.4 Å². The molecule has 1 aliphatic heterocycles. The van der Waals surface area contributed by atoms with Crippen molar-refractivity contribution in [3.63, 3.8) is 0 Å². The third-order valence-electron chi connectivity index (χ3n) is 4.19. The highest BCUT2D eigenvalue weighted by molar-refractivity contribution is 7.22. The Morgan fingerprint density at radius 2 is 2.00 bits per heavy atom. The lowest BCUT2D eigenvalue weighted by molar-refractivity contribution is -0.122. The van der Waals surface area contributed by atoms with E-state index in [4.69, 9.17) is 5.73 Å². The zero-order valence-electron chi connectivity index (χ0n) is 15.9. The van der Waals surface area contributed by atoms with E-state index in [-0.39, 0.29) is 30.0 Å². The van der Waals surface area contributed by atoms with Crippen LogP contribution < -0.4 is 21.7 Å². The van der Waals surface area contributed by atoms with Crippen LogP contribution in [0.2, 0.25) is 0 Å². The summed E-state index contributed by atoms with van der Waals surface area (Å²) in [6.45, 7) is 2.37. The number of thiazole rings is 1. The third kappa shape index (κ3) is 5.61. The normalized spacial score (nSPS) is 15.6. The average molecular weight is 414 g/mol. The van der Waals surface area contributed by atoms with Gasteiger partial charge in [0.1, 0.15) is 11.8 Å². The van der Waals surface area contributed by atoms with Crippen LogP contribution in [0.15, 0.2) is 35.3 Å². The molecule has 29 heavy (non-hydrogen) atoms. The molecule has 9 nitrogen and oxygen atoms in total. The number of aromatic nitrogens is 1. The molecular weight excluding hydrogens is 392 g/mol. The minimum atomic E-state index is -0.654. The van der Waals surface area contributed by atoms with Crippen molar-refractivity contribution in [2.45, 2.75) is 25.9 Å². The van der Waals surface area contributed by atoms with E-state index in [2.05, 4.69) is 25.9 Å². The fourth-order valence-electron chi connectivity index (χ4n) is 2.78. The first kappa shape index (κ1) is 20.5. The van der Waals surface area contributed by atoms with Crippen molar-refractivity contribution >= 4 is 50.1 Å². The summed E-state index contributed by atoms with van der Waals surface area (Å²) in [4.78, 5) is 43.9. The van der Waals surface area contributed by atoms with Crippen molar-refractivity contribution < 1.29 is 14.4 Å². The van der Waals surface area contributed by atoms with Crippen molar-refractivity contribution in [1.29, 1.82) is 0 Å². The van der Waals surface area contributed by atoms with Gasteiger partial charge in [-0.05, 0) is 30.2 Å². The fourth-order valence-corrected chi connectivity index (χ4v) is 3.58. The van der Waals surface area contributed by atoms with Gasteiger partial charge in [-0.2, -0.15) is 0 Å². The van der Waals surface area contributed by atoms with Gasteiger partial charge in [0.25, 0.3) is 5.91 Å². The average Bonchev–Trinajstić information content (AvgIpc) is 3.08. The summed E-state index contributed by atoms with van der Waals surface area (Å²) in [7, 11) is 0. The highest BCUT2D eigenvalue weighted by atomic mass is 32.1. The number of carbonyl (C=O) groups excluding carboxylic acids is 3. The maximum absolute atomic E-state index is 12.5. The summed E-state index contributed by atoms with van der Waals surface area (Å²) in [6, 6.07) is 5.05. The fraction of sp³-hybridized carbons (Fsp3) is 0.316. The van der Waals surface area contributed by atoms with Crippen LogP contribution in [-0.4, -0.2) is 47.5 Å². The predicted molar refractivity (Wildman–Crippen MR) is 113 cm³/mol. The van der Waals surface area contributed by atoms with Crippen LogP contribution >= 0.6 is 11.3 Å². The standard InChI is InChI=1S/C19H22N6O3S/c1-11(26)21-7-8-22-17(27)14-3-2-4-15(24-14)18(28)23-10-12-5-6-13-16(9-12)29-19(20)25-13/h2-3,5-6,9,15H,4,7-8,10H2,1H3,(H2,20,25)(H,21,26)(H,22,27)(H,23,28). The number of amides is 3. The first-order valence-electron chi connectivity index (χ1n) is 9.12. The first-order valence-corrected chi connectivity index (χ1v) is 9.93. The van der Waals surface area contributed by atoms with E-state index in [1.165, 1.54) is 18.3 Å². The zero-order valence-corrected chi connectivity index (χ0v) is 16.7. The molecule has 5 N–H and O–H groups in total. The van der Waals surface area contributed by atoms with Crippen molar-refractivity contribution in [1.82, 2.24) is 20.9 Å². The molecule has 1 aliphatic rings. The van der Waals surface area contributed by atoms with Crippen LogP contribution in [0, 0.1) is 0 Å². The lowest BCUT2D eigenvalue weighted by Gasteiger charge is -2.16. The van der Waals surface area contributed by atoms with Gasteiger partial charge in [0.15, 0.2) is 5.13 Å². The summed E-state index contributed by atoms with van der Waals surface area (Å²) >= 11 is 1.40. The van der Waals surface area contributed by atoms with Crippen LogP contribution in [0.5, 0.6) is 0 Å². The number of nitrogens with zero attached hydrogens (tertiary/aromatic N) is 2. The molecule has 3 rings (SSSR count). The second kappa shape index (κ2) is 9.28. The number of hydrogen-bond donors (Lipinski definition) is 4. The summed E-state index contributed by atoms with van der Waals surface area (Å²) < 4.78 is 0.964. The quantitative estimate of drug-likeness (QED) is 0.489. The van der Waals surface area contributed by atoms with Crippen LogP contribution in [0.4, 0.5) is 5.13 Å². The Balaban J connectivity index is 1.53. The molecule has 0 aliphatic carbocycles. The summed E-state index contributed by atoms with van der Waals surface area (Å²) in [6.07, 6.45) is 3.78. The van der Waals surface area contributed by atoms with Gasteiger partial charge >= 0.3 is 0 Å². The van der Waals surface area contributed by atoms with Crippen molar-refractivity contribution in [2.24, 2.45) is 4.99 Å². The minimum absolute atomic E-state index is 0.163.